The molecule has 0 radical (unpaired) electrons. The number of hydrogen-bond acceptors (Lipinski definition) is 4. The zero-order valence-electron chi connectivity index (χ0n) is 14.1. The number of rotatable bonds is 2. The van der Waals surface area contributed by atoms with Crippen molar-refractivity contribution in [2.45, 2.75) is 16.2 Å². The van der Waals surface area contributed by atoms with E-state index in [1.165, 1.54) is 7.11 Å². The number of nitrogens with zero attached hydrogens (tertiary/aromatic N) is 1. The van der Waals surface area contributed by atoms with Crippen molar-refractivity contribution in [3.05, 3.63) is 77.9 Å². The highest BCUT2D eigenvalue weighted by molar-refractivity contribution is 9.10. The highest BCUT2D eigenvalue weighted by Crippen LogP contribution is 2.55. The molecule has 0 amide bonds. The third-order valence-corrected chi connectivity index (χ3v) is 6.17. The fourth-order valence-electron chi connectivity index (χ4n) is 3.67. The average Bonchev–Trinajstić information content (AvgIpc) is 2.69. The Labute approximate surface area is 160 Å². The smallest absolute Gasteiger partial charge is 0.298 e. The first-order valence-electron chi connectivity index (χ1n) is 8.24. The van der Waals surface area contributed by atoms with Crippen LogP contribution < -0.4 is 10.5 Å². The molecule has 0 saturated carbocycles. The summed E-state index contributed by atoms with van der Waals surface area (Å²) in [6.07, 6.45) is 0. The van der Waals surface area contributed by atoms with Gasteiger partial charge < -0.3 is 9.47 Å². The van der Waals surface area contributed by atoms with Crippen molar-refractivity contribution in [2.75, 3.05) is 7.11 Å². The maximum Gasteiger partial charge on any atom is 0.298 e. The Bertz CT molecular complexity index is 1020. The van der Waals surface area contributed by atoms with Gasteiger partial charge in [-0.2, -0.15) is 5.26 Å². The molecule has 0 aromatic heterocycles. The number of methoxy groups -OCH3 is 1. The summed E-state index contributed by atoms with van der Waals surface area (Å²) in [7, 11) is 1.45. The van der Waals surface area contributed by atoms with Crippen LogP contribution in [0.4, 0.5) is 0 Å². The molecular formula is C21H17BrN2O2. The molecule has 0 bridgehead atoms. The lowest BCUT2D eigenvalue weighted by atomic mass is 9.75. The zero-order chi connectivity index (χ0) is 18.4. The van der Waals surface area contributed by atoms with E-state index in [-0.39, 0.29) is 5.92 Å². The molecule has 4 rings (SSSR count). The number of halogens is 1. The minimum absolute atomic E-state index is 0.381. The molecule has 4 nitrogen and oxygen atoms in total. The normalized spacial score (nSPS) is 27.4. The van der Waals surface area contributed by atoms with Crippen LogP contribution in [0.2, 0.25) is 0 Å². The van der Waals surface area contributed by atoms with Gasteiger partial charge in [0.15, 0.2) is 0 Å². The molecule has 3 atom stereocenters. The van der Waals surface area contributed by atoms with Crippen LogP contribution in [0.3, 0.4) is 0 Å². The fraction of sp³-hybridized carbons (Fsp3) is 0.190. The molecule has 0 aliphatic carbocycles. The molecule has 130 valence electrons. The molecule has 3 aromatic rings. The van der Waals surface area contributed by atoms with Crippen LogP contribution >= 0.6 is 15.9 Å². The Morgan fingerprint density at radius 2 is 1.77 bits per heavy atom. The van der Waals surface area contributed by atoms with Gasteiger partial charge in [0.2, 0.25) is 4.32 Å². The Hall–Kier alpha value is -2.39. The summed E-state index contributed by atoms with van der Waals surface area (Å²) in [5.74, 6) is -1.40. The van der Waals surface area contributed by atoms with Crippen molar-refractivity contribution in [1.82, 2.24) is 0 Å². The van der Waals surface area contributed by atoms with Crippen LogP contribution in [-0.2, 0) is 4.74 Å². The molecule has 0 spiro atoms. The summed E-state index contributed by atoms with van der Waals surface area (Å²) in [6.45, 7) is 0. The van der Waals surface area contributed by atoms with Gasteiger partial charge in [-0.25, -0.2) is 0 Å². The minimum atomic E-state index is -1.64. The van der Waals surface area contributed by atoms with E-state index in [1.54, 1.807) is 0 Å². The molecule has 3 aromatic carbocycles. The van der Waals surface area contributed by atoms with E-state index in [2.05, 4.69) is 22.0 Å². The number of ether oxygens (including phenoxy) is 2. The monoisotopic (exact) mass is 408 g/mol. The first kappa shape index (κ1) is 17.0. The van der Waals surface area contributed by atoms with E-state index in [1.807, 2.05) is 66.7 Å². The number of alkyl halides is 1. The van der Waals surface area contributed by atoms with E-state index in [9.17, 15) is 5.26 Å². The Kier molecular flexibility index (Phi) is 4.00. The van der Waals surface area contributed by atoms with Crippen molar-refractivity contribution < 1.29 is 9.47 Å². The third kappa shape index (κ3) is 2.27. The van der Waals surface area contributed by atoms with Crippen molar-refractivity contribution in [1.29, 1.82) is 5.26 Å². The lowest BCUT2D eigenvalue weighted by Gasteiger charge is -2.47. The van der Waals surface area contributed by atoms with Crippen LogP contribution in [0.15, 0.2) is 66.7 Å². The van der Waals surface area contributed by atoms with Crippen LogP contribution in [0.1, 0.15) is 17.0 Å². The number of nitrogens with two attached hydrogens (primary N) is 1. The van der Waals surface area contributed by atoms with Gasteiger partial charge in [-0.05, 0) is 22.4 Å². The summed E-state index contributed by atoms with van der Waals surface area (Å²) in [6, 6.07) is 24.1. The second kappa shape index (κ2) is 6.10. The zero-order valence-corrected chi connectivity index (χ0v) is 15.7. The number of fused-ring (bicyclic) bond motifs is 3. The molecule has 3 unspecified atom stereocenters. The van der Waals surface area contributed by atoms with Gasteiger partial charge in [0, 0.05) is 18.6 Å². The van der Waals surface area contributed by atoms with Gasteiger partial charge in [0.05, 0.1) is 6.07 Å². The van der Waals surface area contributed by atoms with Gasteiger partial charge in [-0.3, -0.25) is 5.73 Å². The van der Waals surface area contributed by atoms with E-state index in [0.29, 0.717) is 5.75 Å². The van der Waals surface area contributed by atoms with Crippen LogP contribution in [0.5, 0.6) is 5.75 Å². The molecule has 2 N–H and O–H groups in total. The predicted molar refractivity (Wildman–Crippen MR) is 104 cm³/mol. The van der Waals surface area contributed by atoms with E-state index >= 15 is 0 Å². The highest BCUT2D eigenvalue weighted by atomic mass is 79.9. The number of nitriles is 1. The van der Waals surface area contributed by atoms with Crippen LogP contribution in [0.25, 0.3) is 10.8 Å². The second-order valence-corrected chi connectivity index (χ2v) is 7.59. The van der Waals surface area contributed by atoms with Gasteiger partial charge >= 0.3 is 0 Å². The number of benzene rings is 3. The summed E-state index contributed by atoms with van der Waals surface area (Å²) >= 11 is 3.60. The maximum atomic E-state index is 10.1. The molecule has 5 heteroatoms. The Morgan fingerprint density at radius 1 is 1.08 bits per heavy atom. The van der Waals surface area contributed by atoms with Crippen molar-refractivity contribution >= 4 is 26.7 Å². The predicted octanol–water partition coefficient (Wildman–Crippen LogP) is 4.28. The standard InChI is InChI=1S/C21H17BrN2O2/c1-25-21(24)20(22,13-23)19(15-8-3-2-4-9-15)18-16-10-6-5-7-14(16)11-12-17(18)26-21/h2-12,19H,24H2,1H3. The number of hydrogen-bond donors (Lipinski definition) is 1. The van der Waals surface area contributed by atoms with Crippen molar-refractivity contribution in [3.8, 4) is 11.8 Å². The fourth-order valence-corrected chi connectivity index (χ4v) is 4.41. The molecule has 1 heterocycles. The third-order valence-electron chi connectivity index (χ3n) is 4.98. The van der Waals surface area contributed by atoms with Crippen molar-refractivity contribution in [3.63, 3.8) is 0 Å². The van der Waals surface area contributed by atoms with Gasteiger partial charge in [0.1, 0.15) is 5.75 Å². The van der Waals surface area contributed by atoms with Crippen molar-refractivity contribution in [2.24, 2.45) is 5.73 Å². The summed E-state index contributed by atoms with van der Waals surface area (Å²) < 4.78 is 10.2. The minimum Gasteiger partial charge on any atom is -0.446 e. The summed E-state index contributed by atoms with van der Waals surface area (Å²) in [4.78, 5) is 0. The van der Waals surface area contributed by atoms with Crippen LogP contribution in [0, 0.1) is 11.3 Å². The molecular weight excluding hydrogens is 392 g/mol. The van der Waals surface area contributed by atoms with E-state index < -0.39 is 10.2 Å². The SMILES string of the molecule is COC1(N)Oc2ccc3ccccc3c2C(c2ccccc2)C1(Br)C#N. The quantitative estimate of drug-likeness (QED) is 0.507. The van der Waals surface area contributed by atoms with Gasteiger partial charge in [-0.15, -0.1) is 0 Å². The molecule has 1 aliphatic rings. The molecule has 26 heavy (non-hydrogen) atoms. The maximum absolute atomic E-state index is 10.1. The first-order chi connectivity index (χ1) is 12.5. The molecule has 1 aliphatic heterocycles. The van der Waals surface area contributed by atoms with E-state index in [4.69, 9.17) is 15.2 Å². The first-order valence-corrected chi connectivity index (χ1v) is 9.03. The topological polar surface area (TPSA) is 68.3 Å². The average molecular weight is 409 g/mol. The Balaban J connectivity index is 2.11. The highest BCUT2D eigenvalue weighted by Gasteiger charge is 2.61. The second-order valence-electron chi connectivity index (χ2n) is 6.34. The lowest BCUT2D eigenvalue weighted by Crippen LogP contribution is -2.66. The Morgan fingerprint density at radius 3 is 2.46 bits per heavy atom. The molecule has 0 fully saturated rings. The van der Waals surface area contributed by atoms with Gasteiger partial charge in [-0.1, -0.05) is 76.6 Å². The largest absolute Gasteiger partial charge is 0.446 e. The summed E-state index contributed by atoms with van der Waals surface area (Å²) in [5.41, 5.74) is 8.30. The summed E-state index contributed by atoms with van der Waals surface area (Å²) in [5, 5.41) is 12.2. The lowest BCUT2D eigenvalue weighted by molar-refractivity contribution is -0.181. The molecule has 0 saturated heterocycles. The van der Waals surface area contributed by atoms with Crippen LogP contribution in [-0.4, -0.2) is 17.3 Å². The van der Waals surface area contributed by atoms with Gasteiger partial charge in [0.25, 0.3) is 5.91 Å². The van der Waals surface area contributed by atoms with E-state index in [0.717, 1.165) is 21.9 Å².